The van der Waals surface area contributed by atoms with Crippen molar-refractivity contribution in [2.24, 2.45) is 0 Å². The van der Waals surface area contributed by atoms with Gasteiger partial charge in [-0.3, -0.25) is 14.7 Å². The molecule has 1 aromatic carbocycles. The number of anilines is 1. The van der Waals surface area contributed by atoms with Gasteiger partial charge in [0.1, 0.15) is 0 Å². The van der Waals surface area contributed by atoms with E-state index < -0.39 is 0 Å². The molecule has 1 aliphatic heterocycles. The lowest BCUT2D eigenvalue weighted by molar-refractivity contribution is 0.0986. The van der Waals surface area contributed by atoms with E-state index in [1.54, 1.807) is 17.3 Å². The molecule has 0 radical (unpaired) electrons. The van der Waals surface area contributed by atoms with Gasteiger partial charge in [0.15, 0.2) is 10.9 Å². The van der Waals surface area contributed by atoms with Gasteiger partial charge in [0.05, 0.1) is 10.6 Å². The Morgan fingerprint density at radius 2 is 2.03 bits per heavy atom. The summed E-state index contributed by atoms with van der Waals surface area (Å²) in [7, 11) is 0. The number of hydrogen-bond donors (Lipinski definition) is 1. The van der Waals surface area contributed by atoms with Gasteiger partial charge in [-0.1, -0.05) is 35.6 Å². The number of benzene rings is 1. The van der Waals surface area contributed by atoms with Crippen molar-refractivity contribution in [1.29, 1.82) is 0 Å². The van der Waals surface area contributed by atoms with Gasteiger partial charge in [0.2, 0.25) is 0 Å². The number of fused-ring (bicyclic) bond motifs is 1. The fourth-order valence-electron chi connectivity index (χ4n) is 4.24. The molecule has 0 atom stereocenters. The van der Waals surface area contributed by atoms with Gasteiger partial charge >= 0.3 is 6.03 Å². The molecule has 1 saturated heterocycles. The molecule has 0 saturated carbocycles. The second-order valence-electron chi connectivity index (χ2n) is 8.23. The highest BCUT2D eigenvalue weighted by Crippen LogP contribution is 2.30. The Labute approximate surface area is 196 Å². The summed E-state index contributed by atoms with van der Waals surface area (Å²) in [6.45, 7) is 3.73. The van der Waals surface area contributed by atoms with Crippen LogP contribution in [-0.4, -0.2) is 51.3 Å². The zero-order valence-corrected chi connectivity index (χ0v) is 19.3. The minimum absolute atomic E-state index is 0.0436. The maximum Gasteiger partial charge on any atom is 0.326 e. The molecule has 4 heterocycles. The predicted octanol–water partition coefficient (Wildman–Crippen LogP) is 4.63. The highest BCUT2D eigenvalue weighted by Gasteiger charge is 2.32. The third-order valence-corrected chi connectivity index (χ3v) is 7.28. The molecular weight excluding hydrogens is 434 g/mol. The van der Waals surface area contributed by atoms with Crippen LogP contribution in [0.1, 0.15) is 32.9 Å². The van der Waals surface area contributed by atoms with E-state index in [9.17, 15) is 9.59 Å². The number of nitrogens with zero attached hydrogens (tertiary/aromatic N) is 4. The molecule has 1 aliphatic rings. The Morgan fingerprint density at radius 1 is 1.15 bits per heavy atom. The van der Waals surface area contributed by atoms with Crippen LogP contribution >= 0.6 is 11.3 Å². The number of nitrogens with one attached hydrogen (secondary N) is 1. The normalized spacial score (nSPS) is 13.9. The summed E-state index contributed by atoms with van der Waals surface area (Å²) in [5.74, 6) is 0.0583. The maximum absolute atomic E-state index is 13.0. The van der Waals surface area contributed by atoms with Crippen LogP contribution in [0.2, 0.25) is 0 Å². The molecule has 8 heteroatoms. The number of carbonyl (C=O) groups is 2. The van der Waals surface area contributed by atoms with E-state index in [1.807, 2.05) is 42.3 Å². The summed E-state index contributed by atoms with van der Waals surface area (Å²) < 4.78 is 0. The van der Waals surface area contributed by atoms with Crippen LogP contribution in [-0.2, 0) is 12.8 Å². The third kappa shape index (κ3) is 4.39. The highest BCUT2D eigenvalue weighted by molar-refractivity contribution is 7.17. The van der Waals surface area contributed by atoms with Crippen molar-refractivity contribution >= 4 is 39.2 Å². The lowest BCUT2D eigenvalue weighted by Crippen LogP contribution is -2.33. The Bertz CT molecular complexity index is 1300. The summed E-state index contributed by atoms with van der Waals surface area (Å²) in [5, 5.41) is 1.81. The zero-order chi connectivity index (χ0) is 22.8. The van der Waals surface area contributed by atoms with Crippen molar-refractivity contribution in [2.45, 2.75) is 26.2 Å². The average molecular weight is 460 g/mol. The number of thiazole rings is 1. The van der Waals surface area contributed by atoms with Crippen molar-refractivity contribution in [2.75, 3.05) is 24.5 Å². The molecule has 1 N–H and O–H groups in total. The number of Topliss-reactive ketones (excluding diaryl/α,β-unsaturated/α-hetero) is 1. The topological polar surface area (TPSA) is 82.2 Å². The Kier molecular flexibility index (Phi) is 5.92. The van der Waals surface area contributed by atoms with E-state index in [-0.39, 0.29) is 11.8 Å². The summed E-state index contributed by atoms with van der Waals surface area (Å²) in [6, 6.07) is 12.0. The lowest BCUT2D eigenvalue weighted by Gasteiger charge is -2.16. The second kappa shape index (κ2) is 9.15. The smallest absolute Gasteiger partial charge is 0.326 e. The number of ketones is 1. The molecule has 0 unspecified atom stereocenters. The van der Waals surface area contributed by atoms with E-state index in [0.717, 1.165) is 17.5 Å². The fraction of sp³-hybridized carbons (Fsp3) is 0.280. The number of urea groups is 1. The first-order valence-corrected chi connectivity index (χ1v) is 11.9. The van der Waals surface area contributed by atoms with Crippen molar-refractivity contribution in [1.82, 2.24) is 19.9 Å². The average Bonchev–Trinajstić information content (AvgIpc) is 3.53. The highest BCUT2D eigenvalue weighted by atomic mass is 32.1. The molecule has 1 fully saturated rings. The Hall–Kier alpha value is -3.52. The van der Waals surface area contributed by atoms with E-state index in [0.29, 0.717) is 48.2 Å². The number of para-hydroxylation sites is 1. The molecule has 0 spiro atoms. The molecule has 0 bridgehead atoms. The summed E-state index contributed by atoms with van der Waals surface area (Å²) in [6.07, 6.45) is 7.37. The number of carbonyl (C=O) groups excluding carboxylic acids is 2. The minimum Gasteiger partial charge on any atom is -0.361 e. The number of hydrogen-bond acceptors (Lipinski definition) is 5. The maximum atomic E-state index is 13.0. The molecule has 0 aliphatic carbocycles. The lowest BCUT2D eigenvalue weighted by atomic mass is 10.1. The Morgan fingerprint density at radius 3 is 2.88 bits per heavy atom. The quantitative estimate of drug-likeness (QED) is 0.390. The zero-order valence-electron chi connectivity index (χ0n) is 18.5. The van der Waals surface area contributed by atoms with Gasteiger partial charge in [-0.15, -0.1) is 0 Å². The first-order valence-electron chi connectivity index (χ1n) is 11.1. The SMILES string of the molecule is Cc1nc(N2CCN(CCc3c[nH]c4ccccc34)C2=O)sc1C(=O)CCc1cccnc1. The number of pyridine rings is 1. The van der Waals surface area contributed by atoms with Gasteiger partial charge in [-0.2, -0.15) is 0 Å². The van der Waals surface area contributed by atoms with Gasteiger partial charge < -0.3 is 9.88 Å². The van der Waals surface area contributed by atoms with Crippen LogP contribution in [0, 0.1) is 6.92 Å². The summed E-state index contributed by atoms with van der Waals surface area (Å²) >= 11 is 1.32. The predicted molar refractivity (Wildman–Crippen MR) is 130 cm³/mol. The number of H-pyrrole nitrogens is 1. The summed E-state index contributed by atoms with van der Waals surface area (Å²) in [5.41, 5.74) is 4.05. The minimum atomic E-state index is -0.0436. The standard InChI is InChI=1S/C25H25N5O2S/c1-17-23(22(31)9-8-18-5-4-11-26-15-18)33-24(28-17)30-14-13-29(25(30)32)12-10-19-16-27-21-7-3-2-6-20(19)21/h2-7,11,15-16,27H,8-10,12-14H2,1H3. The van der Waals surface area contributed by atoms with Crippen LogP contribution in [0.15, 0.2) is 55.0 Å². The van der Waals surface area contributed by atoms with Crippen LogP contribution in [0.4, 0.5) is 9.93 Å². The molecular formula is C25H25N5O2S. The van der Waals surface area contributed by atoms with Crippen LogP contribution in [0.25, 0.3) is 10.9 Å². The Balaban J connectivity index is 1.22. The van der Waals surface area contributed by atoms with Crippen molar-refractivity contribution in [3.63, 3.8) is 0 Å². The van der Waals surface area contributed by atoms with Crippen molar-refractivity contribution in [3.8, 4) is 0 Å². The van der Waals surface area contributed by atoms with Crippen molar-refractivity contribution in [3.05, 3.63) is 76.7 Å². The first-order chi connectivity index (χ1) is 16.1. The molecule has 7 nitrogen and oxygen atoms in total. The molecule has 33 heavy (non-hydrogen) atoms. The molecule has 3 aromatic heterocycles. The number of rotatable bonds is 8. The largest absolute Gasteiger partial charge is 0.361 e. The number of amides is 2. The van der Waals surface area contributed by atoms with Crippen molar-refractivity contribution < 1.29 is 9.59 Å². The molecule has 5 rings (SSSR count). The fourth-order valence-corrected chi connectivity index (χ4v) is 5.29. The number of aromatic amines is 1. The first kappa shape index (κ1) is 21.3. The van der Waals surface area contributed by atoms with Crippen LogP contribution < -0.4 is 4.90 Å². The number of aromatic nitrogens is 3. The summed E-state index contributed by atoms with van der Waals surface area (Å²) in [4.78, 5) is 42.0. The van der Waals surface area contributed by atoms with Gasteiger partial charge in [0, 0.05) is 55.5 Å². The van der Waals surface area contributed by atoms with E-state index in [2.05, 4.69) is 27.1 Å². The molecule has 2 amide bonds. The molecule has 168 valence electrons. The van der Waals surface area contributed by atoms with Gasteiger partial charge in [-0.25, -0.2) is 9.78 Å². The third-order valence-electron chi connectivity index (χ3n) is 6.05. The molecule has 4 aromatic rings. The van der Waals surface area contributed by atoms with E-state index >= 15 is 0 Å². The second-order valence-corrected chi connectivity index (χ2v) is 9.20. The number of aryl methyl sites for hydroxylation is 2. The van der Waals surface area contributed by atoms with Gasteiger partial charge in [0.25, 0.3) is 0 Å². The van der Waals surface area contributed by atoms with Crippen LogP contribution in [0.5, 0.6) is 0 Å². The monoisotopic (exact) mass is 459 g/mol. The van der Waals surface area contributed by atoms with E-state index in [1.165, 1.54) is 22.3 Å². The van der Waals surface area contributed by atoms with Gasteiger partial charge in [-0.05, 0) is 43.0 Å². The van der Waals surface area contributed by atoms with Crippen LogP contribution in [0.3, 0.4) is 0 Å². The van der Waals surface area contributed by atoms with E-state index in [4.69, 9.17) is 0 Å².